The molecule has 1 fully saturated rings. The minimum atomic E-state index is 0.330. The van der Waals surface area contributed by atoms with Crippen molar-refractivity contribution in [3.63, 3.8) is 0 Å². The lowest BCUT2D eigenvalue weighted by Gasteiger charge is -2.23. The highest BCUT2D eigenvalue weighted by atomic mass is 16.5. The van der Waals surface area contributed by atoms with E-state index in [9.17, 15) is 0 Å². The van der Waals surface area contributed by atoms with Crippen molar-refractivity contribution in [1.82, 2.24) is 10.3 Å². The molecule has 3 nitrogen and oxygen atoms in total. The third kappa shape index (κ3) is 2.95. The zero-order valence-electron chi connectivity index (χ0n) is 10.1. The molecule has 2 rings (SSSR count). The van der Waals surface area contributed by atoms with Gasteiger partial charge < -0.3 is 10.1 Å². The van der Waals surface area contributed by atoms with Gasteiger partial charge in [0.25, 0.3) is 0 Å². The summed E-state index contributed by atoms with van der Waals surface area (Å²) in [6.45, 7) is 6.47. The molecular weight excluding hydrogens is 200 g/mol. The van der Waals surface area contributed by atoms with Gasteiger partial charge in [0.15, 0.2) is 0 Å². The van der Waals surface area contributed by atoms with Crippen molar-refractivity contribution < 1.29 is 4.74 Å². The molecule has 0 spiro atoms. The Morgan fingerprint density at radius 3 is 2.81 bits per heavy atom. The molecule has 0 bridgehead atoms. The number of pyridine rings is 1. The highest BCUT2D eigenvalue weighted by Gasteiger charge is 2.15. The van der Waals surface area contributed by atoms with Crippen molar-refractivity contribution in [2.75, 3.05) is 13.1 Å². The number of ether oxygens (including phenoxy) is 1. The van der Waals surface area contributed by atoms with Crippen molar-refractivity contribution >= 4 is 0 Å². The van der Waals surface area contributed by atoms with E-state index in [1.165, 1.54) is 5.56 Å². The molecule has 1 aliphatic rings. The smallest absolute Gasteiger partial charge is 0.213 e. The maximum atomic E-state index is 5.90. The van der Waals surface area contributed by atoms with Crippen LogP contribution >= 0.6 is 0 Å². The molecule has 0 amide bonds. The molecular formula is C13H20N2O. The second-order valence-electron chi connectivity index (χ2n) is 4.65. The summed E-state index contributed by atoms with van der Waals surface area (Å²) in [6, 6.07) is 4.12. The van der Waals surface area contributed by atoms with Crippen LogP contribution in [0.4, 0.5) is 0 Å². The Morgan fingerprint density at radius 1 is 1.38 bits per heavy atom. The fourth-order valence-electron chi connectivity index (χ4n) is 1.93. The van der Waals surface area contributed by atoms with Crippen LogP contribution in [0.15, 0.2) is 18.3 Å². The summed E-state index contributed by atoms with van der Waals surface area (Å²) in [5.41, 5.74) is 1.29. The van der Waals surface area contributed by atoms with Crippen LogP contribution in [-0.2, 0) is 0 Å². The number of nitrogens with zero attached hydrogens (tertiary/aromatic N) is 1. The van der Waals surface area contributed by atoms with Gasteiger partial charge in [-0.25, -0.2) is 4.98 Å². The first kappa shape index (κ1) is 11.4. The molecule has 1 aliphatic heterocycles. The molecule has 0 unspecified atom stereocenters. The van der Waals surface area contributed by atoms with Gasteiger partial charge in [-0.1, -0.05) is 13.8 Å². The Morgan fingerprint density at radius 2 is 2.12 bits per heavy atom. The van der Waals surface area contributed by atoms with Gasteiger partial charge in [-0.15, -0.1) is 0 Å². The number of aromatic nitrogens is 1. The average molecular weight is 220 g/mol. The maximum absolute atomic E-state index is 5.90. The quantitative estimate of drug-likeness (QED) is 0.849. The first-order chi connectivity index (χ1) is 7.75. The van der Waals surface area contributed by atoms with Gasteiger partial charge in [0.05, 0.1) is 0 Å². The fourth-order valence-corrected chi connectivity index (χ4v) is 1.93. The SMILES string of the molecule is CC(C)c1ccnc(OC2CCNCC2)c1. The molecule has 2 heterocycles. The molecule has 0 aromatic carbocycles. The van der Waals surface area contributed by atoms with Gasteiger partial charge in [-0.05, 0) is 43.5 Å². The van der Waals surface area contributed by atoms with E-state index >= 15 is 0 Å². The highest BCUT2D eigenvalue weighted by Crippen LogP contribution is 2.20. The number of hydrogen-bond acceptors (Lipinski definition) is 3. The Bertz CT molecular complexity index is 332. The number of rotatable bonds is 3. The van der Waals surface area contributed by atoms with E-state index in [1.54, 1.807) is 0 Å². The highest BCUT2D eigenvalue weighted by molar-refractivity contribution is 5.23. The second kappa shape index (κ2) is 5.30. The summed E-state index contributed by atoms with van der Waals surface area (Å²) in [4.78, 5) is 4.27. The van der Waals surface area contributed by atoms with E-state index in [1.807, 2.05) is 6.20 Å². The third-order valence-electron chi connectivity index (χ3n) is 3.00. The largest absolute Gasteiger partial charge is 0.474 e. The van der Waals surface area contributed by atoms with Gasteiger partial charge in [0, 0.05) is 12.3 Å². The summed E-state index contributed by atoms with van der Waals surface area (Å²) < 4.78 is 5.90. The number of hydrogen-bond donors (Lipinski definition) is 1. The Hall–Kier alpha value is -1.09. The summed E-state index contributed by atoms with van der Waals surface area (Å²) >= 11 is 0. The number of piperidine rings is 1. The Balaban J connectivity index is 2.00. The van der Waals surface area contributed by atoms with Gasteiger partial charge in [0.2, 0.25) is 5.88 Å². The summed E-state index contributed by atoms with van der Waals surface area (Å²) in [5, 5.41) is 3.33. The number of nitrogens with one attached hydrogen (secondary N) is 1. The van der Waals surface area contributed by atoms with E-state index in [2.05, 4.69) is 36.3 Å². The zero-order chi connectivity index (χ0) is 11.4. The van der Waals surface area contributed by atoms with Crippen molar-refractivity contribution in [2.45, 2.75) is 38.7 Å². The van der Waals surface area contributed by atoms with Crippen LogP contribution in [0.2, 0.25) is 0 Å². The van der Waals surface area contributed by atoms with E-state index in [0.717, 1.165) is 31.8 Å². The van der Waals surface area contributed by atoms with Crippen LogP contribution in [0.25, 0.3) is 0 Å². The molecule has 1 saturated heterocycles. The summed E-state index contributed by atoms with van der Waals surface area (Å²) in [7, 11) is 0. The molecule has 16 heavy (non-hydrogen) atoms. The fraction of sp³-hybridized carbons (Fsp3) is 0.615. The van der Waals surface area contributed by atoms with E-state index in [4.69, 9.17) is 4.74 Å². The third-order valence-corrected chi connectivity index (χ3v) is 3.00. The molecule has 0 radical (unpaired) electrons. The molecule has 88 valence electrons. The lowest BCUT2D eigenvalue weighted by molar-refractivity contribution is 0.156. The molecule has 1 aromatic rings. The lowest BCUT2D eigenvalue weighted by Crippen LogP contribution is -2.34. The normalized spacial score (nSPS) is 17.7. The van der Waals surface area contributed by atoms with E-state index < -0.39 is 0 Å². The predicted molar refractivity (Wildman–Crippen MR) is 64.8 cm³/mol. The molecule has 1 N–H and O–H groups in total. The molecule has 1 aromatic heterocycles. The Labute approximate surface area is 97.2 Å². The van der Waals surface area contributed by atoms with Crippen LogP contribution < -0.4 is 10.1 Å². The van der Waals surface area contributed by atoms with Gasteiger partial charge in [-0.2, -0.15) is 0 Å². The maximum Gasteiger partial charge on any atom is 0.213 e. The van der Waals surface area contributed by atoms with Crippen LogP contribution in [0.1, 0.15) is 38.2 Å². The zero-order valence-corrected chi connectivity index (χ0v) is 10.1. The van der Waals surface area contributed by atoms with Gasteiger partial charge >= 0.3 is 0 Å². The van der Waals surface area contributed by atoms with Crippen LogP contribution in [0, 0.1) is 0 Å². The van der Waals surface area contributed by atoms with E-state index in [0.29, 0.717) is 12.0 Å². The van der Waals surface area contributed by atoms with Crippen molar-refractivity contribution in [3.05, 3.63) is 23.9 Å². The van der Waals surface area contributed by atoms with Crippen molar-refractivity contribution in [3.8, 4) is 5.88 Å². The molecule has 3 heteroatoms. The monoisotopic (exact) mass is 220 g/mol. The van der Waals surface area contributed by atoms with Crippen molar-refractivity contribution in [2.24, 2.45) is 0 Å². The second-order valence-corrected chi connectivity index (χ2v) is 4.65. The molecule has 0 aliphatic carbocycles. The lowest BCUT2D eigenvalue weighted by atomic mass is 10.1. The van der Waals surface area contributed by atoms with Crippen molar-refractivity contribution in [1.29, 1.82) is 0 Å². The van der Waals surface area contributed by atoms with Crippen LogP contribution in [0.3, 0.4) is 0 Å². The minimum Gasteiger partial charge on any atom is -0.474 e. The molecule has 0 saturated carbocycles. The topological polar surface area (TPSA) is 34.1 Å². The summed E-state index contributed by atoms with van der Waals surface area (Å²) in [6.07, 6.45) is 4.32. The molecule has 0 atom stereocenters. The predicted octanol–water partition coefficient (Wildman–Crippen LogP) is 2.34. The summed E-state index contributed by atoms with van der Waals surface area (Å²) in [5.74, 6) is 1.30. The van der Waals surface area contributed by atoms with Crippen LogP contribution in [-0.4, -0.2) is 24.2 Å². The first-order valence-electron chi connectivity index (χ1n) is 6.09. The average Bonchev–Trinajstić information content (AvgIpc) is 2.30. The minimum absolute atomic E-state index is 0.330. The van der Waals surface area contributed by atoms with Gasteiger partial charge in [0.1, 0.15) is 6.10 Å². The Kier molecular flexibility index (Phi) is 3.78. The van der Waals surface area contributed by atoms with E-state index in [-0.39, 0.29) is 0 Å². The van der Waals surface area contributed by atoms with Gasteiger partial charge in [-0.3, -0.25) is 0 Å². The first-order valence-corrected chi connectivity index (χ1v) is 6.09. The van der Waals surface area contributed by atoms with Crippen LogP contribution in [0.5, 0.6) is 5.88 Å². The standard InChI is InChI=1S/C13H20N2O/c1-10(2)11-3-8-15-13(9-11)16-12-4-6-14-7-5-12/h3,8-10,12,14H,4-7H2,1-2H3.